The van der Waals surface area contributed by atoms with E-state index in [9.17, 15) is 10.1 Å². The molecule has 1 aliphatic rings. The Kier molecular flexibility index (Phi) is 5.45. The van der Waals surface area contributed by atoms with Gasteiger partial charge in [-0.25, -0.2) is 0 Å². The van der Waals surface area contributed by atoms with Crippen LogP contribution in [0.4, 0.5) is 5.88 Å². The van der Waals surface area contributed by atoms with Crippen molar-refractivity contribution < 1.29 is 18.4 Å². The molecule has 166 valence electrons. The largest absolute Gasteiger partial charge is 0.486 e. The smallest absolute Gasteiger partial charge is 0.266 e. The number of oxazole rings is 1. The lowest BCUT2D eigenvalue weighted by Crippen LogP contribution is -2.38. The summed E-state index contributed by atoms with van der Waals surface area (Å²) in [4.78, 5) is 17.6. The van der Waals surface area contributed by atoms with Gasteiger partial charge in [0.05, 0.1) is 0 Å². The third kappa shape index (κ3) is 4.26. The van der Waals surface area contributed by atoms with Crippen LogP contribution in [-0.4, -0.2) is 24.0 Å². The number of fused-ring (bicyclic) bond motifs is 1. The van der Waals surface area contributed by atoms with E-state index < -0.39 is 0 Å². The monoisotopic (exact) mass is 442 g/mol. The number of aromatic nitrogens is 1. The average Bonchev–Trinajstić information content (AvgIpc) is 3.50. The van der Waals surface area contributed by atoms with Gasteiger partial charge in [-0.05, 0) is 47.9 Å². The van der Waals surface area contributed by atoms with E-state index in [1.165, 1.54) is 0 Å². The molecule has 4 aromatic rings. The van der Waals surface area contributed by atoms with E-state index in [1.807, 2.05) is 41.3 Å². The molecule has 0 radical (unpaired) electrons. The van der Waals surface area contributed by atoms with Gasteiger partial charge in [-0.2, -0.15) is 10.2 Å². The van der Waals surface area contributed by atoms with Crippen LogP contribution in [0.3, 0.4) is 0 Å². The Morgan fingerprint density at radius 1 is 1.12 bits per heavy atom. The first-order valence-electron chi connectivity index (χ1n) is 10.8. The first-order chi connectivity index (χ1) is 16.1. The van der Waals surface area contributed by atoms with Crippen LogP contribution in [0.2, 0.25) is 0 Å². The number of piperidine rings is 1. The van der Waals surface area contributed by atoms with E-state index in [0.717, 1.165) is 16.5 Å². The van der Waals surface area contributed by atoms with Crippen molar-refractivity contribution in [3.8, 4) is 23.5 Å². The van der Waals surface area contributed by atoms with E-state index in [0.29, 0.717) is 43.3 Å². The standard InChI is InChI=1S/C25H22N4O4/c26-14-21-25(29-11-9-17(10-12-29)23(27)30)33-24(28-21)22-8-7-20(32-22)15-31-19-6-5-16-3-1-2-4-18(16)13-19/h1-8,13,17H,9-12,15H2,(H2,27,30). The summed E-state index contributed by atoms with van der Waals surface area (Å²) in [6, 6.07) is 19.6. The molecule has 2 aromatic heterocycles. The fourth-order valence-corrected chi connectivity index (χ4v) is 4.05. The third-order valence-corrected chi connectivity index (χ3v) is 5.87. The van der Waals surface area contributed by atoms with Crippen LogP contribution in [0.5, 0.6) is 5.75 Å². The molecule has 0 bridgehead atoms. The maximum atomic E-state index is 11.4. The quantitative estimate of drug-likeness (QED) is 0.474. The minimum atomic E-state index is -0.289. The number of amides is 1. The summed E-state index contributed by atoms with van der Waals surface area (Å²) in [6.07, 6.45) is 1.24. The lowest BCUT2D eigenvalue weighted by molar-refractivity contribution is -0.122. The van der Waals surface area contributed by atoms with Crippen molar-refractivity contribution >= 4 is 22.6 Å². The van der Waals surface area contributed by atoms with Crippen molar-refractivity contribution in [2.75, 3.05) is 18.0 Å². The van der Waals surface area contributed by atoms with Crippen LogP contribution < -0.4 is 15.4 Å². The average molecular weight is 442 g/mol. The summed E-state index contributed by atoms with van der Waals surface area (Å²) in [7, 11) is 0. The Balaban J connectivity index is 1.28. The lowest BCUT2D eigenvalue weighted by atomic mass is 9.96. The van der Waals surface area contributed by atoms with Gasteiger partial charge in [-0.3, -0.25) is 4.79 Å². The molecule has 5 rings (SSSR count). The number of nitriles is 1. The number of hydrogen-bond acceptors (Lipinski definition) is 7. The van der Waals surface area contributed by atoms with Crippen LogP contribution in [0, 0.1) is 17.2 Å². The summed E-state index contributed by atoms with van der Waals surface area (Å²) in [5.41, 5.74) is 5.60. The Labute approximate surface area is 190 Å². The number of carbonyl (C=O) groups excluding carboxylic acids is 1. The van der Waals surface area contributed by atoms with E-state index in [-0.39, 0.29) is 30.0 Å². The van der Waals surface area contributed by atoms with Gasteiger partial charge in [0.25, 0.3) is 5.89 Å². The van der Waals surface area contributed by atoms with Gasteiger partial charge in [-0.1, -0.05) is 30.3 Å². The molecule has 0 aliphatic carbocycles. The molecular weight excluding hydrogens is 420 g/mol. The maximum absolute atomic E-state index is 11.4. The second-order valence-corrected chi connectivity index (χ2v) is 8.01. The predicted molar refractivity (Wildman–Crippen MR) is 121 cm³/mol. The number of furan rings is 1. The minimum absolute atomic E-state index is 0.149. The van der Waals surface area contributed by atoms with Crippen LogP contribution in [0.1, 0.15) is 24.3 Å². The molecule has 1 aliphatic heterocycles. The number of primary amides is 1. The topological polar surface area (TPSA) is 119 Å². The number of nitrogens with two attached hydrogens (primary N) is 1. The number of rotatable bonds is 6. The molecule has 8 nitrogen and oxygen atoms in total. The van der Waals surface area contributed by atoms with E-state index >= 15 is 0 Å². The zero-order valence-electron chi connectivity index (χ0n) is 17.9. The Hall–Kier alpha value is -4.25. The number of nitrogens with zero attached hydrogens (tertiary/aromatic N) is 3. The van der Waals surface area contributed by atoms with Crippen molar-refractivity contribution in [3.05, 3.63) is 66.1 Å². The number of anilines is 1. The molecule has 0 atom stereocenters. The van der Waals surface area contributed by atoms with E-state index in [4.69, 9.17) is 19.3 Å². The first kappa shape index (κ1) is 20.6. The van der Waals surface area contributed by atoms with Gasteiger partial charge < -0.3 is 24.2 Å². The van der Waals surface area contributed by atoms with E-state index in [2.05, 4.69) is 17.1 Å². The summed E-state index contributed by atoms with van der Waals surface area (Å²) in [5, 5.41) is 11.8. The lowest BCUT2D eigenvalue weighted by Gasteiger charge is -2.30. The Morgan fingerprint density at radius 3 is 2.67 bits per heavy atom. The van der Waals surface area contributed by atoms with E-state index in [1.54, 1.807) is 12.1 Å². The van der Waals surface area contributed by atoms with Gasteiger partial charge in [0.2, 0.25) is 17.5 Å². The summed E-state index contributed by atoms with van der Waals surface area (Å²) in [5.74, 6) is 1.96. The minimum Gasteiger partial charge on any atom is -0.486 e. The molecule has 0 spiro atoms. The number of ether oxygens (including phenoxy) is 1. The predicted octanol–water partition coefficient (Wildman–Crippen LogP) is 4.24. The maximum Gasteiger partial charge on any atom is 0.266 e. The number of benzene rings is 2. The fourth-order valence-electron chi connectivity index (χ4n) is 4.05. The molecule has 2 N–H and O–H groups in total. The Bertz CT molecular complexity index is 1340. The summed E-state index contributed by atoms with van der Waals surface area (Å²) >= 11 is 0. The molecule has 1 saturated heterocycles. The van der Waals surface area contributed by atoms with Gasteiger partial charge in [-0.15, -0.1) is 0 Å². The second-order valence-electron chi connectivity index (χ2n) is 8.01. The van der Waals surface area contributed by atoms with Gasteiger partial charge in [0.1, 0.15) is 24.2 Å². The van der Waals surface area contributed by atoms with Gasteiger partial charge in [0, 0.05) is 19.0 Å². The highest BCUT2D eigenvalue weighted by molar-refractivity contribution is 5.83. The summed E-state index contributed by atoms with van der Waals surface area (Å²) in [6.45, 7) is 1.39. The zero-order chi connectivity index (χ0) is 22.8. The molecule has 33 heavy (non-hydrogen) atoms. The van der Waals surface area contributed by atoms with Crippen LogP contribution in [0.25, 0.3) is 22.4 Å². The molecule has 3 heterocycles. The van der Waals surface area contributed by atoms with Gasteiger partial charge >= 0.3 is 0 Å². The molecule has 8 heteroatoms. The van der Waals surface area contributed by atoms with Crippen molar-refractivity contribution in [2.45, 2.75) is 19.4 Å². The molecule has 2 aromatic carbocycles. The molecule has 1 fully saturated rings. The first-order valence-corrected chi connectivity index (χ1v) is 10.8. The Morgan fingerprint density at radius 2 is 1.91 bits per heavy atom. The molecular formula is C25H22N4O4. The van der Waals surface area contributed by atoms with Crippen molar-refractivity contribution in [1.82, 2.24) is 4.98 Å². The van der Waals surface area contributed by atoms with Gasteiger partial charge in [0.15, 0.2) is 5.76 Å². The highest BCUT2D eigenvalue weighted by Crippen LogP contribution is 2.32. The van der Waals surface area contributed by atoms with Crippen molar-refractivity contribution in [3.63, 3.8) is 0 Å². The SMILES string of the molecule is N#Cc1nc(-c2ccc(COc3ccc4ccccc4c3)o2)oc1N1CCC(C(N)=O)CC1. The second kappa shape index (κ2) is 8.71. The summed E-state index contributed by atoms with van der Waals surface area (Å²) < 4.78 is 17.6. The molecule has 0 unspecified atom stereocenters. The number of hydrogen-bond donors (Lipinski definition) is 1. The van der Waals surface area contributed by atoms with Crippen LogP contribution >= 0.6 is 0 Å². The molecule has 1 amide bonds. The molecule has 0 saturated carbocycles. The fraction of sp³-hybridized carbons (Fsp3) is 0.240. The third-order valence-electron chi connectivity index (χ3n) is 5.87. The van der Waals surface area contributed by atoms with Crippen molar-refractivity contribution in [1.29, 1.82) is 5.26 Å². The normalized spacial score (nSPS) is 14.3. The number of carbonyl (C=O) groups is 1. The highest BCUT2D eigenvalue weighted by atomic mass is 16.5. The highest BCUT2D eigenvalue weighted by Gasteiger charge is 2.28. The van der Waals surface area contributed by atoms with Crippen LogP contribution in [0.15, 0.2) is 63.4 Å². The van der Waals surface area contributed by atoms with Crippen molar-refractivity contribution in [2.24, 2.45) is 11.7 Å². The van der Waals surface area contributed by atoms with Crippen LogP contribution in [-0.2, 0) is 11.4 Å². The zero-order valence-corrected chi connectivity index (χ0v) is 17.9.